The molecule has 10 aromatic rings. The van der Waals surface area contributed by atoms with Crippen LogP contribution in [0.5, 0.6) is 0 Å². The van der Waals surface area contributed by atoms with Crippen molar-refractivity contribution in [2.45, 2.75) is 13.8 Å². The van der Waals surface area contributed by atoms with Gasteiger partial charge in [-0.25, -0.2) is 15.0 Å². The van der Waals surface area contributed by atoms with Gasteiger partial charge in [0.25, 0.3) is 0 Å². The first kappa shape index (κ1) is 34.1. The largest absolute Gasteiger partial charge is 0.309 e. The van der Waals surface area contributed by atoms with Crippen LogP contribution in [0, 0.1) is 13.8 Å². The second kappa shape index (κ2) is 14.3. The third-order valence-corrected chi connectivity index (χ3v) is 10.9. The lowest BCUT2D eigenvalue weighted by Gasteiger charge is -2.17. The Hall–Kier alpha value is -7.43. The normalized spacial score (nSPS) is 11.3. The average molecular weight is 731 g/mol. The molecule has 0 aliphatic heterocycles. The van der Waals surface area contributed by atoms with Crippen molar-refractivity contribution in [3.63, 3.8) is 0 Å². The van der Waals surface area contributed by atoms with Crippen LogP contribution in [0.4, 0.5) is 0 Å². The first-order chi connectivity index (χ1) is 28.1. The molecule has 4 nitrogen and oxygen atoms in total. The quantitative estimate of drug-likeness (QED) is 0.164. The Kier molecular flexibility index (Phi) is 8.57. The molecular weight excluding hydrogens is 693 g/mol. The van der Waals surface area contributed by atoms with Crippen molar-refractivity contribution in [2.24, 2.45) is 0 Å². The zero-order chi connectivity index (χ0) is 38.3. The van der Waals surface area contributed by atoms with E-state index in [4.69, 9.17) is 15.0 Å². The van der Waals surface area contributed by atoms with Crippen LogP contribution in [0.2, 0.25) is 0 Å². The van der Waals surface area contributed by atoms with Crippen LogP contribution >= 0.6 is 0 Å². The van der Waals surface area contributed by atoms with Crippen LogP contribution < -0.4 is 0 Å². The molecule has 0 unspecified atom stereocenters. The van der Waals surface area contributed by atoms with E-state index in [2.05, 4.69) is 152 Å². The summed E-state index contributed by atoms with van der Waals surface area (Å²) < 4.78 is 2.36. The number of aryl methyl sites for hydroxylation is 2. The van der Waals surface area contributed by atoms with Crippen molar-refractivity contribution in [1.82, 2.24) is 19.5 Å². The van der Waals surface area contributed by atoms with Gasteiger partial charge in [0.2, 0.25) is 0 Å². The molecule has 8 aromatic carbocycles. The average Bonchev–Trinajstić information content (AvgIpc) is 3.61. The Balaban J connectivity index is 1.04. The summed E-state index contributed by atoms with van der Waals surface area (Å²) in [7, 11) is 0. The number of fused-ring (bicyclic) bond motifs is 3. The number of para-hydroxylation sites is 2. The number of benzene rings is 8. The standard InChI is InChI=1S/C53H38N4/c1-35-16-14-26-46(53-55-51(37-17-6-3-7-18-37)54-52(56-53)38-19-8-4-9-20-38)50(35)44-30-28-41(32-36(44)2)39-21-15-22-40(33-39)42-29-31-49-47(34-42)45-25-12-13-27-48(45)57(49)43-23-10-5-11-24-43/h3-34H,1-2H3. The van der Waals surface area contributed by atoms with Crippen LogP contribution in [0.25, 0.3) is 95.0 Å². The lowest BCUT2D eigenvalue weighted by molar-refractivity contribution is 1.07. The second-order valence-electron chi connectivity index (χ2n) is 14.6. The molecule has 57 heavy (non-hydrogen) atoms. The van der Waals surface area contributed by atoms with Crippen molar-refractivity contribution in [1.29, 1.82) is 0 Å². The lowest BCUT2D eigenvalue weighted by atomic mass is 9.89. The second-order valence-corrected chi connectivity index (χ2v) is 14.6. The molecular formula is C53H38N4. The minimum Gasteiger partial charge on any atom is -0.309 e. The van der Waals surface area contributed by atoms with Gasteiger partial charge in [-0.2, -0.15) is 0 Å². The van der Waals surface area contributed by atoms with E-state index in [1.807, 2.05) is 60.7 Å². The first-order valence-electron chi connectivity index (χ1n) is 19.4. The summed E-state index contributed by atoms with van der Waals surface area (Å²) in [6, 6.07) is 68.5. The molecule has 2 heterocycles. The maximum atomic E-state index is 5.09. The van der Waals surface area contributed by atoms with Gasteiger partial charge in [0.15, 0.2) is 17.5 Å². The molecule has 0 saturated heterocycles. The number of aromatic nitrogens is 4. The number of hydrogen-bond donors (Lipinski definition) is 0. The highest BCUT2D eigenvalue weighted by Gasteiger charge is 2.19. The van der Waals surface area contributed by atoms with Crippen LogP contribution in [-0.2, 0) is 0 Å². The summed E-state index contributed by atoms with van der Waals surface area (Å²) in [6.45, 7) is 4.37. The van der Waals surface area contributed by atoms with Gasteiger partial charge in [-0.15, -0.1) is 0 Å². The van der Waals surface area contributed by atoms with Crippen molar-refractivity contribution in [3.05, 3.63) is 205 Å². The monoisotopic (exact) mass is 730 g/mol. The van der Waals surface area contributed by atoms with Crippen molar-refractivity contribution < 1.29 is 0 Å². The van der Waals surface area contributed by atoms with Gasteiger partial charge in [0.1, 0.15) is 0 Å². The third kappa shape index (κ3) is 6.27. The molecule has 0 radical (unpaired) electrons. The molecule has 0 amide bonds. The molecule has 0 spiro atoms. The Bertz CT molecular complexity index is 3020. The fourth-order valence-corrected chi connectivity index (χ4v) is 8.15. The van der Waals surface area contributed by atoms with Gasteiger partial charge >= 0.3 is 0 Å². The predicted molar refractivity (Wildman–Crippen MR) is 236 cm³/mol. The maximum absolute atomic E-state index is 5.09. The molecule has 0 aliphatic carbocycles. The van der Waals surface area contributed by atoms with Gasteiger partial charge in [0, 0.05) is 33.2 Å². The highest BCUT2D eigenvalue weighted by molar-refractivity contribution is 6.10. The SMILES string of the molecule is Cc1cc(-c2cccc(-c3ccc4c(c3)c3ccccc3n4-c3ccccc3)c2)ccc1-c1c(C)cccc1-c1nc(-c2ccccc2)nc(-c2ccccc2)n1. The summed E-state index contributed by atoms with van der Waals surface area (Å²) in [5, 5.41) is 2.50. The predicted octanol–water partition coefficient (Wildman–Crippen LogP) is 13.6. The molecule has 10 rings (SSSR count). The summed E-state index contributed by atoms with van der Waals surface area (Å²) >= 11 is 0. The zero-order valence-electron chi connectivity index (χ0n) is 31.8. The Morgan fingerprint density at radius 2 is 0.860 bits per heavy atom. The van der Waals surface area contributed by atoms with E-state index in [0.717, 1.165) is 39.1 Å². The van der Waals surface area contributed by atoms with Crippen molar-refractivity contribution >= 4 is 21.8 Å². The summed E-state index contributed by atoms with van der Waals surface area (Å²) in [6.07, 6.45) is 0. The maximum Gasteiger partial charge on any atom is 0.164 e. The molecule has 0 atom stereocenters. The summed E-state index contributed by atoms with van der Waals surface area (Å²) in [5.41, 5.74) is 15.8. The van der Waals surface area contributed by atoms with E-state index in [1.54, 1.807) is 0 Å². The van der Waals surface area contributed by atoms with Gasteiger partial charge < -0.3 is 4.57 Å². The summed E-state index contributed by atoms with van der Waals surface area (Å²) in [5.74, 6) is 1.96. The van der Waals surface area contributed by atoms with Crippen molar-refractivity contribution in [2.75, 3.05) is 0 Å². The van der Waals surface area contributed by atoms with E-state index in [-0.39, 0.29) is 0 Å². The van der Waals surface area contributed by atoms with Crippen LogP contribution in [0.3, 0.4) is 0 Å². The van der Waals surface area contributed by atoms with Gasteiger partial charge in [0.05, 0.1) is 11.0 Å². The van der Waals surface area contributed by atoms with Gasteiger partial charge in [-0.1, -0.05) is 158 Å². The molecule has 4 heteroatoms. The molecule has 0 bridgehead atoms. The molecule has 0 aliphatic rings. The molecule has 0 fully saturated rings. The first-order valence-corrected chi connectivity index (χ1v) is 19.4. The highest BCUT2D eigenvalue weighted by Crippen LogP contribution is 2.39. The van der Waals surface area contributed by atoms with Crippen molar-refractivity contribution in [3.8, 4) is 73.2 Å². The minimum atomic E-state index is 0.653. The lowest BCUT2D eigenvalue weighted by Crippen LogP contribution is -2.02. The smallest absolute Gasteiger partial charge is 0.164 e. The molecule has 2 aromatic heterocycles. The zero-order valence-corrected chi connectivity index (χ0v) is 31.8. The number of rotatable bonds is 7. The van der Waals surface area contributed by atoms with Crippen LogP contribution in [0.15, 0.2) is 194 Å². The Morgan fingerprint density at radius 3 is 1.54 bits per heavy atom. The van der Waals surface area contributed by atoms with Gasteiger partial charge in [-0.05, 0) is 94.8 Å². The molecule has 0 saturated carbocycles. The molecule has 270 valence electrons. The van der Waals surface area contributed by atoms with E-state index >= 15 is 0 Å². The van der Waals surface area contributed by atoms with E-state index in [1.165, 1.54) is 49.6 Å². The fourth-order valence-electron chi connectivity index (χ4n) is 8.15. The summed E-state index contributed by atoms with van der Waals surface area (Å²) in [4.78, 5) is 15.1. The van der Waals surface area contributed by atoms with E-state index in [9.17, 15) is 0 Å². The molecule has 0 N–H and O–H groups in total. The minimum absolute atomic E-state index is 0.653. The van der Waals surface area contributed by atoms with E-state index < -0.39 is 0 Å². The Morgan fingerprint density at radius 1 is 0.333 bits per heavy atom. The highest BCUT2D eigenvalue weighted by atomic mass is 15.0. The third-order valence-electron chi connectivity index (χ3n) is 10.9. The fraction of sp³-hybridized carbons (Fsp3) is 0.0377. The number of nitrogens with zero attached hydrogens (tertiary/aromatic N) is 4. The van der Waals surface area contributed by atoms with E-state index in [0.29, 0.717) is 17.5 Å². The van der Waals surface area contributed by atoms with Crippen LogP contribution in [0.1, 0.15) is 11.1 Å². The topological polar surface area (TPSA) is 43.6 Å². The Labute approximate surface area is 332 Å². The number of hydrogen-bond acceptors (Lipinski definition) is 3. The van der Waals surface area contributed by atoms with Crippen LogP contribution in [-0.4, -0.2) is 19.5 Å². The van der Waals surface area contributed by atoms with Gasteiger partial charge in [-0.3, -0.25) is 0 Å².